The number of cyclic esters (lactones) is 1. The summed E-state index contributed by atoms with van der Waals surface area (Å²) in [7, 11) is 0. The first kappa shape index (κ1) is 80.8. The Balaban J connectivity index is -0.000000451. The van der Waals surface area contributed by atoms with Gasteiger partial charge in [0.2, 0.25) is 0 Å². The number of rotatable bonds is 14. The monoisotopic (exact) mass is 1100 g/mol. The molecule has 0 aromatic heterocycles. The highest BCUT2D eigenvalue weighted by Crippen LogP contribution is 2.65. The second-order valence-corrected chi connectivity index (χ2v) is 26.3. The van der Waals surface area contributed by atoms with E-state index < -0.39 is 16.4 Å². The minimum absolute atomic E-state index is 0. The Morgan fingerprint density at radius 2 is 1.04 bits per heavy atom. The van der Waals surface area contributed by atoms with Gasteiger partial charge < -0.3 is 28.8 Å². The number of carbonyl (C=O) groups excluding carboxylic acids is 5. The van der Waals surface area contributed by atoms with Crippen LogP contribution in [0.15, 0.2) is 0 Å². The molecule has 0 radical (unpaired) electrons. The smallest absolute Gasteiger partial charge is 0.312 e. The molecule has 1 saturated heterocycles. The van der Waals surface area contributed by atoms with Gasteiger partial charge in [-0.2, -0.15) is 0 Å². The van der Waals surface area contributed by atoms with Crippen LogP contribution in [-0.2, 0) is 47.7 Å². The third kappa shape index (κ3) is 18.4. The fraction of sp³-hybridized carbons (Fsp3) is 0.924. The van der Waals surface area contributed by atoms with Crippen LogP contribution in [0.1, 0.15) is 298 Å². The highest BCUT2D eigenvalue weighted by Gasteiger charge is 2.64. The zero-order valence-electron chi connectivity index (χ0n) is 46.2. The predicted molar refractivity (Wildman–Crippen MR) is 322 cm³/mol. The molecule has 8 atom stereocenters. The zero-order valence-corrected chi connectivity index (χ0v) is 46.2. The van der Waals surface area contributed by atoms with E-state index in [0.717, 1.165) is 88.4 Å². The van der Waals surface area contributed by atoms with Gasteiger partial charge >= 0.3 is 29.8 Å². The minimum Gasteiger partial charge on any atom is -0.462 e. The molecule has 6 bridgehead atoms. The maximum absolute atomic E-state index is 12.7. The summed E-state index contributed by atoms with van der Waals surface area (Å²) in [6.45, 7) is 30.4. The van der Waals surface area contributed by atoms with E-state index in [-0.39, 0.29) is 136 Å². The van der Waals surface area contributed by atoms with Gasteiger partial charge in [-0.1, -0.05) is 114 Å². The highest BCUT2D eigenvalue weighted by atomic mass is 16.6. The third-order valence-electron chi connectivity index (χ3n) is 19.4. The Hall–Kier alpha value is -2.69. The Labute approximate surface area is 477 Å². The normalized spacial score (nSPS) is 30.2. The van der Waals surface area contributed by atoms with Crippen molar-refractivity contribution in [2.75, 3.05) is 6.61 Å². The van der Waals surface area contributed by atoms with E-state index in [1.165, 1.54) is 44.9 Å². The molecule has 77 heavy (non-hydrogen) atoms. The van der Waals surface area contributed by atoms with E-state index in [1.54, 1.807) is 0 Å². The highest BCUT2D eigenvalue weighted by molar-refractivity contribution is 5.78. The molecule has 11 heteroatoms. The first-order valence-electron chi connectivity index (χ1n) is 27.8. The lowest BCUT2D eigenvalue weighted by Crippen LogP contribution is -2.61. The Morgan fingerprint density at radius 3 is 1.45 bits per heavy atom. The van der Waals surface area contributed by atoms with Crippen LogP contribution in [0.3, 0.4) is 0 Å². The average Bonchev–Trinajstić information content (AvgIpc) is 4.13. The van der Waals surface area contributed by atoms with Crippen molar-refractivity contribution in [3.05, 3.63) is 0 Å². The summed E-state index contributed by atoms with van der Waals surface area (Å²) in [5.74, 6) is 4.16. The average molecular weight is 1100 g/mol. The number of hydrogen-bond acceptors (Lipinski definition) is 11. The van der Waals surface area contributed by atoms with Crippen molar-refractivity contribution in [3.63, 3.8) is 0 Å². The zero-order chi connectivity index (χ0) is 51.6. The predicted octanol–water partition coefficient (Wildman–Crippen LogP) is 17.9. The van der Waals surface area contributed by atoms with Crippen molar-refractivity contribution in [3.8, 4) is 0 Å². The van der Waals surface area contributed by atoms with Gasteiger partial charge in [0.05, 0.1) is 33.7 Å². The van der Waals surface area contributed by atoms with Gasteiger partial charge in [-0.3, -0.25) is 24.0 Å². The molecule has 1 aliphatic heterocycles. The van der Waals surface area contributed by atoms with E-state index in [0.29, 0.717) is 36.5 Å². The van der Waals surface area contributed by atoms with E-state index >= 15 is 0 Å². The number of esters is 5. The van der Waals surface area contributed by atoms with Gasteiger partial charge in [0, 0.05) is 12.3 Å². The molecule has 0 amide bonds. The molecule has 8 saturated carbocycles. The van der Waals surface area contributed by atoms with Gasteiger partial charge in [0.25, 0.3) is 0 Å². The summed E-state index contributed by atoms with van der Waals surface area (Å²) in [4.78, 5) is 59.4. The molecule has 0 aromatic rings. The summed E-state index contributed by atoms with van der Waals surface area (Å²) in [5.41, 5.74) is -2.78. The molecule has 7 unspecified atom stereocenters. The van der Waals surface area contributed by atoms with E-state index in [4.69, 9.17) is 23.7 Å². The van der Waals surface area contributed by atoms with Crippen LogP contribution in [0.2, 0.25) is 0 Å². The Kier molecular flexibility index (Phi) is 32.5. The van der Waals surface area contributed by atoms with Crippen LogP contribution in [-0.4, -0.2) is 70.1 Å². The van der Waals surface area contributed by atoms with Crippen LogP contribution in [0.25, 0.3) is 0 Å². The Morgan fingerprint density at radius 1 is 0.597 bits per heavy atom. The number of ether oxygens (including phenoxy) is 5. The van der Waals surface area contributed by atoms with Gasteiger partial charge in [-0.15, -0.1) is 0 Å². The summed E-state index contributed by atoms with van der Waals surface area (Å²) in [6.07, 6.45) is 20.7. The summed E-state index contributed by atoms with van der Waals surface area (Å²) >= 11 is 0. The summed E-state index contributed by atoms with van der Waals surface area (Å²) in [5, 5.41) is 10.6. The van der Waals surface area contributed by atoms with Crippen LogP contribution in [0.5, 0.6) is 0 Å². The molecular formula is C66H130O11. The van der Waals surface area contributed by atoms with Crippen LogP contribution >= 0.6 is 0 Å². The van der Waals surface area contributed by atoms with E-state index in [9.17, 15) is 29.1 Å². The molecule has 0 aromatic carbocycles. The van der Waals surface area contributed by atoms with Crippen LogP contribution < -0.4 is 0 Å². The summed E-state index contributed by atoms with van der Waals surface area (Å²) in [6, 6.07) is 0. The molecule has 9 aliphatic rings. The summed E-state index contributed by atoms with van der Waals surface area (Å²) < 4.78 is 27.9. The lowest BCUT2D eigenvalue weighted by molar-refractivity contribution is -0.225. The van der Waals surface area contributed by atoms with E-state index in [2.05, 4.69) is 27.7 Å². The second-order valence-electron chi connectivity index (χ2n) is 26.3. The second kappa shape index (κ2) is 30.9. The van der Waals surface area contributed by atoms with Gasteiger partial charge in [-0.25, -0.2) is 0 Å². The fourth-order valence-electron chi connectivity index (χ4n) is 13.3. The largest absolute Gasteiger partial charge is 0.462 e. The maximum atomic E-state index is 12.7. The molecule has 9 fully saturated rings. The van der Waals surface area contributed by atoms with Crippen molar-refractivity contribution in [1.82, 2.24) is 0 Å². The molecule has 11 nitrogen and oxygen atoms in total. The lowest BCUT2D eigenvalue weighted by atomic mass is 9.52. The molecule has 1 N–H and O–H groups in total. The third-order valence-corrected chi connectivity index (χ3v) is 19.4. The standard InChI is InChI=1S/C19H32O2.C16H26O3.C13H24O2.C10H16O4.8CH4/c1-6-18(4,5)17(20)21-19(12(2)3)11-13-10-16(19)15-9-7-8-14(13)15;1-4-14(2,3)13(17)19-16-8-11-5-12(9-16)7-15(18,6-11)10-16;1-5-12(3,4)11(14)15-13(6-2)9-7-8-10-13;1-4-10(2,3)9(12)14-7-5-8(11)13-6-7;;;;;;;;/h12-16H,6-11H2,1-5H3;11-12,18H,4-10H2,1-3H3;5-10H2,1-4H3;7H,4-6H2,1-3H3;8*1H4/t;;;7-;;;;;;;;/m...0......../s1. The topological polar surface area (TPSA) is 152 Å². The molecule has 0 spiro atoms. The quantitative estimate of drug-likeness (QED) is 0.131. The van der Waals surface area contributed by atoms with Crippen molar-refractivity contribution in [1.29, 1.82) is 0 Å². The number of aliphatic hydroxyl groups is 1. The number of carbonyl (C=O) groups is 5. The first-order valence-corrected chi connectivity index (χ1v) is 27.8. The number of fused-ring (bicyclic) bond motifs is 5. The lowest BCUT2D eigenvalue weighted by Gasteiger charge is -2.59. The van der Waals surface area contributed by atoms with Crippen molar-refractivity contribution >= 4 is 29.8 Å². The molecule has 8 aliphatic carbocycles. The SMILES string of the molecule is C.C.C.C.C.C.C.C.CCC(C)(C)C(=O)OC1(C(C)C)CC2CC1C1CCCC21.CCC(C)(C)C(=O)OC12CC3CC(CC(O)(C3)C1)C2.CCC(C)(C)C(=O)O[C@@H]1COC(=O)C1.CCC1(OC(=O)C(C)(C)CC)CCCC1. The van der Waals surface area contributed by atoms with Crippen LogP contribution in [0, 0.1) is 63.1 Å². The van der Waals surface area contributed by atoms with Crippen molar-refractivity contribution < 1.29 is 52.8 Å². The molecular weight excluding hydrogens is 969 g/mol. The van der Waals surface area contributed by atoms with Gasteiger partial charge in [0.1, 0.15) is 29.5 Å². The fourth-order valence-corrected chi connectivity index (χ4v) is 13.3. The molecule has 9 rings (SSSR count). The van der Waals surface area contributed by atoms with Crippen LogP contribution in [0.4, 0.5) is 0 Å². The first-order chi connectivity index (χ1) is 32.0. The maximum Gasteiger partial charge on any atom is 0.312 e. The van der Waals surface area contributed by atoms with E-state index in [1.807, 2.05) is 76.2 Å². The molecule has 1 heterocycles. The minimum atomic E-state index is -0.555. The van der Waals surface area contributed by atoms with Gasteiger partial charge in [-0.05, 0) is 206 Å². The van der Waals surface area contributed by atoms with Crippen molar-refractivity contribution in [2.24, 2.45) is 63.1 Å². The molecule has 460 valence electrons. The van der Waals surface area contributed by atoms with Gasteiger partial charge in [0.15, 0.2) is 0 Å². The van der Waals surface area contributed by atoms with Crippen molar-refractivity contribution in [2.45, 2.75) is 327 Å². The number of hydrogen-bond donors (Lipinski definition) is 1. The Bertz CT molecular complexity index is 1790.